The first-order valence-electron chi connectivity index (χ1n) is 11.9. The van der Waals surface area contributed by atoms with Gasteiger partial charge in [-0.25, -0.2) is 0 Å². The van der Waals surface area contributed by atoms with E-state index in [0.29, 0.717) is 11.5 Å². The van der Waals surface area contributed by atoms with Gasteiger partial charge in [0.25, 0.3) is 5.91 Å². The maximum absolute atomic E-state index is 12.5. The smallest absolute Gasteiger partial charge is 0.255 e. The molecule has 1 aliphatic heterocycles. The van der Waals surface area contributed by atoms with E-state index in [9.17, 15) is 4.79 Å². The zero-order valence-electron chi connectivity index (χ0n) is 20.8. The molecule has 0 unspecified atom stereocenters. The van der Waals surface area contributed by atoms with Crippen LogP contribution in [-0.4, -0.2) is 43.2 Å². The van der Waals surface area contributed by atoms with Gasteiger partial charge < -0.3 is 19.1 Å². The molecule has 34 heavy (non-hydrogen) atoms. The minimum absolute atomic E-state index is 0.116. The number of nitrogens with zero attached hydrogens (tertiary/aromatic N) is 2. The highest BCUT2D eigenvalue weighted by Gasteiger charge is 2.13. The van der Waals surface area contributed by atoms with Crippen LogP contribution in [0.2, 0.25) is 0 Å². The van der Waals surface area contributed by atoms with Crippen molar-refractivity contribution < 1.29 is 14.3 Å². The van der Waals surface area contributed by atoms with Crippen molar-refractivity contribution in [2.24, 2.45) is 0 Å². The fourth-order valence-corrected chi connectivity index (χ4v) is 3.80. The van der Waals surface area contributed by atoms with E-state index >= 15 is 0 Å². The van der Waals surface area contributed by atoms with Gasteiger partial charge >= 0.3 is 0 Å². The van der Waals surface area contributed by atoms with E-state index < -0.39 is 0 Å². The van der Waals surface area contributed by atoms with Crippen molar-refractivity contribution in [3.05, 3.63) is 66.5 Å². The van der Waals surface area contributed by atoms with Crippen LogP contribution in [0.25, 0.3) is 10.8 Å². The summed E-state index contributed by atoms with van der Waals surface area (Å²) in [6.07, 6.45) is 5.94. The van der Waals surface area contributed by atoms with E-state index in [1.807, 2.05) is 61.7 Å². The number of hydrogen-bond donors (Lipinski definition) is 1. The van der Waals surface area contributed by atoms with E-state index in [-0.39, 0.29) is 5.91 Å². The Hall–Kier alpha value is -2.61. The molecule has 4 rings (SSSR count). The highest BCUT2D eigenvalue weighted by molar-refractivity contribution is 8.00. The number of pyridine rings is 1. The number of nitrogens with one attached hydrogen (secondary N) is 1. The van der Waals surface area contributed by atoms with Gasteiger partial charge in [-0.05, 0) is 73.1 Å². The van der Waals surface area contributed by atoms with Gasteiger partial charge in [0.2, 0.25) is 0 Å². The number of benzene rings is 2. The van der Waals surface area contributed by atoms with Crippen molar-refractivity contribution in [1.82, 2.24) is 4.98 Å². The second-order valence-electron chi connectivity index (χ2n) is 7.60. The lowest BCUT2D eigenvalue weighted by atomic mass is 10.1. The topological polar surface area (TPSA) is 63.7 Å². The predicted molar refractivity (Wildman–Crippen MR) is 145 cm³/mol. The lowest BCUT2D eigenvalue weighted by Gasteiger charge is -2.27. The molecule has 0 bridgehead atoms. The Balaban J connectivity index is 0.000000391. The fourth-order valence-electron chi connectivity index (χ4n) is 3.01. The number of fused-ring (bicyclic) bond motifs is 1. The Morgan fingerprint density at radius 2 is 1.85 bits per heavy atom. The SMILES string of the molecule is CCC.CCCOCC.O=C(Nc1ccc2cnccc2c1)c1ccc(N2CCOCS2)cc1. The van der Waals surface area contributed by atoms with Crippen LogP contribution in [0.4, 0.5) is 11.4 Å². The average molecular weight is 484 g/mol. The predicted octanol–water partition coefficient (Wildman–Crippen LogP) is 6.78. The van der Waals surface area contributed by atoms with Gasteiger partial charge in [-0.1, -0.05) is 33.3 Å². The molecule has 0 saturated carbocycles. The van der Waals surface area contributed by atoms with Crippen LogP contribution in [0, 0.1) is 0 Å². The van der Waals surface area contributed by atoms with Crippen LogP contribution < -0.4 is 9.62 Å². The summed E-state index contributed by atoms with van der Waals surface area (Å²) in [5, 5.41) is 5.05. The molecule has 0 radical (unpaired) electrons. The first-order chi connectivity index (χ1) is 16.6. The number of hydrogen-bond acceptors (Lipinski definition) is 6. The van der Waals surface area contributed by atoms with Crippen LogP contribution in [0.3, 0.4) is 0 Å². The minimum Gasteiger partial charge on any atom is -0.382 e. The van der Waals surface area contributed by atoms with Gasteiger partial charge in [-0.15, -0.1) is 0 Å². The van der Waals surface area contributed by atoms with Crippen molar-refractivity contribution in [3.8, 4) is 0 Å². The summed E-state index contributed by atoms with van der Waals surface area (Å²) in [6.45, 7) is 11.7. The van der Waals surface area contributed by atoms with Crippen LogP contribution in [0.1, 0.15) is 50.9 Å². The fraction of sp³-hybridized carbons (Fsp3) is 0.407. The minimum atomic E-state index is -0.116. The zero-order valence-corrected chi connectivity index (χ0v) is 21.6. The number of carbonyl (C=O) groups excluding carboxylic acids is 1. The molecule has 184 valence electrons. The first-order valence-corrected chi connectivity index (χ1v) is 12.9. The molecular formula is C27H37N3O3S. The van der Waals surface area contributed by atoms with E-state index in [2.05, 4.69) is 35.4 Å². The summed E-state index contributed by atoms with van der Waals surface area (Å²) in [6, 6.07) is 15.4. The lowest BCUT2D eigenvalue weighted by Crippen LogP contribution is -2.26. The second kappa shape index (κ2) is 16.1. The standard InChI is InChI=1S/C19H17N3O2S.C5H12O.C3H8/c23-19(21-17-4-1-16-12-20-8-7-15(16)11-17)14-2-5-18(6-3-14)22-9-10-24-13-25-22;1-3-5-6-4-2;1-3-2/h1-8,11-12H,9-10,13H2,(H,21,23);3-5H2,1-2H3;3H2,1-2H3. The van der Waals surface area contributed by atoms with Crippen molar-refractivity contribution in [2.45, 2.75) is 40.5 Å². The highest BCUT2D eigenvalue weighted by Crippen LogP contribution is 2.25. The maximum Gasteiger partial charge on any atom is 0.255 e. The van der Waals surface area contributed by atoms with Gasteiger partial charge in [0.15, 0.2) is 0 Å². The highest BCUT2D eigenvalue weighted by atomic mass is 32.2. The summed E-state index contributed by atoms with van der Waals surface area (Å²) < 4.78 is 12.5. The molecule has 3 aromatic rings. The van der Waals surface area contributed by atoms with E-state index in [1.165, 1.54) is 6.42 Å². The van der Waals surface area contributed by atoms with Gasteiger partial charge in [-0.3, -0.25) is 9.78 Å². The van der Waals surface area contributed by atoms with Gasteiger partial charge in [-0.2, -0.15) is 0 Å². The summed E-state index contributed by atoms with van der Waals surface area (Å²) >= 11 is 1.64. The number of carbonyl (C=O) groups is 1. The molecule has 6 nitrogen and oxygen atoms in total. The molecule has 1 N–H and O–H groups in total. The maximum atomic E-state index is 12.5. The normalized spacial score (nSPS) is 12.8. The largest absolute Gasteiger partial charge is 0.382 e. The van der Waals surface area contributed by atoms with E-state index in [4.69, 9.17) is 9.47 Å². The second-order valence-corrected chi connectivity index (χ2v) is 8.53. The first kappa shape index (κ1) is 27.6. The molecule has 1 aromatic heterocycles. The summed E-state index contributed by atoms with van der Waals surface area (Å²) in [5.74, 6) is 0.550. The molecule has 2 aromatic carbocycles. The Morgan fingerprint density at radius 3 is 2.47 bits per heavy atom. The number of amides is 1. The molecule has 1 saturated heterocycles. The summed E-state index contributed by atoms with van der Waals surface area (Å²) in [4.78, 5) is 16.6. The molecule has 1 amide bonds. The molecule has 1 aliphatic rings. The molecule has 1 fully saturated rings. The van der Waals surface area contributed by atoms with Crippen LogP contribution >= 0.6 is 11.9 Å². The third kappa shape index (κ3) is 9.33. The summed E-state index contributed by atoms with van der Waals surface area (Å²) in [7, 11) is 0. The molecule has 0 aliphatic carbocycles. The molecule has 0 spiro atoms. The van der Waals surface area contributed by atoms with E-state index in [1.54, 1.807) is 18.1 Å². The summed E-state index contributed by atoms with van der Waals surface area (Å²) in [5.41, 5.74) is 2.50. The Kier molecular flexibility index (Phi) is 13.1. The monoisotopic (exact) mass is 483 g/mol. The number of ether oxygens (including phenoxy) is 2. The van der Waals surface area contributed by atoms with Crippen LogP contribution in [0.5, 0.6) is 0 Å². The van der Waals surface area contributed by atoms with Crippen molar-refractivity contribution in [1.29, 1.82) is 0 Å². The molecule has 7 heteroatoms. The average Bonchev–Trinajstić information content (AvgIpc) is 2.89. The number of anilines is 2. The van der Waals surface area contributed by atoms with Crippen molar-refractivity contribution >= 4 is 40.0 Å². The van der Waals surface area contributed by atoms with Crippen LogP contribution in [-0.2, 0) is 9.47 Å². The Morgan fingerprint density at radius 1 is 1.09 bits per heavy atom. The zero-order chi connectivity index (χ0) is 24.6. The van der Waals surface area contributed by atoms with Gasteiger partial charge in [0.1, 0.15) is 5.94 Å². The Bertz CT molecular complexity index is 972. The lowest BCUT2D eigenvalue weighted by molar-refractivity contribution is 0.102. The molecule has 2 heterocycles. The molecular weight excluding hydrogens is 446 g/mol. The Labute approximate surface area is 208 Å². The third-order valence-corrected chi connectivity index (χ3v) is 5.58. The van der Waals surface area contributed by atoms with Crippen molar-refractivity contribution in [3.63, 3.8) is 0 Å². The van der Waals surface area contributed by atoms with Gasteiger partial charge in [0, 0.05) is 47.9 Å². The van der Waals surface area contributed by atoms with Crippen molar-refractivity contribution in [2.75, 3.05) is 41.9 Å². The van der Waals surface area contributed by atoms with Gasteiger partial charge in [0.05, 0.1) is 13.2 Å². The quantitative estimate of drug-likeness (QED) is 0.308. The van der Waals surface area contributed by atoms with Crippen LogP contribution in [0.15, 0.2) is 60.9 Å². The third-order valence-electron chi connectivity index (χ3n) is 4.60. The number of rotatable bonds is 6. The van der Waals surface area contributed by atoms with E-state index in [0.717, 1.165) is 54.9 Å². The molecule has 0 atom stereocenters. The number of aromatic nitrogens is 1.